The van der Waals surface area contributed by atoms with Crippen LogP contribution in [-0.2, 0) is 9.53 Å². The van der Waals surface area contributed by atoms with Gasteiger partial charge in [0.15, 0.2) is 6.10 Å². The van der Waals surface area contributed by atoms with Gasteiger partial charge in [-0.15, -0.1) is 0 Å². The predicted octanol–water partition coefficient (Wildman–Crippen LogP) is 1.82. The van der Waals surface area contributed by atoms with Crippen LogP contribution in [0.5, 0.6) is 0 Å². The zero-order valence-electron chi connectivity index (χ0n) is 12.3. The lowest BCUT2D eigenvalue weighted by Crippen LogP contribution is -2.44. The van der Waals surface area contributed by atoms with Crippen molar-refractivity contribution in [1.82, 2.24) is 4.90 Å². The van der Waals surface area contributed by atoms with Gasteiger partial charge in [-0.2, -0.15) is 0 Å². The maximum atomic E-state index is 11.8. The van der Waals surface area contributed by atoms with E-state index in [4.69, 9.17) is 16.3 Å². The molecule has 2 fully saturated rings. The van der Waals surface area contributed by atoms with Crippen molar-refractivity contribution in [2.24, 2.45) is 0 Å². The molecule has 0 saturated carbocycles. The van der Waals surface area contributed by atoms with Gasteiger partial charge in [0.25, 0.3) is 5.91 Å². The van der Waals surface area contributed by atoms with Gasteiger partial charge in [0.05, 0.1) is 16.8 Å². The Morgan fingerprint density at radius 1 is 1.33 bits per heavy atom. The highest BCUT2D eigenvalue weighted by molar-refractivity contribution is 6.33. The minimum absolute atomic E-state index is 0.0186. The van der Waals surface area contributed by atoms with E-state index in [0.29, 0.717) is 10.7 Å². The largest absolute Gasteiger partial charge is 0.368 e. The zero-order valence-corrected chi connectivity index (χ0v) is 13.1. The number of epoxide rings is 1. The number of carbonyl (C=O) groups is 1. The molecule has 1 aromatic carbocycles. The number of nitrogens with one attached hydrogen (secondary N) is 1. The Morgan fingerprint density at radius 3 is 2.57 bits per heavy atom. The van der Waals surface area contributed by atoms with Gasteiger partial charge in [0.1, 0.15) is 0 Å². The van der Waals surface area contributed by atoms with Crippen molar-refractivity contribution < 1.29 is 9.53 Å². The molecule has 0 bridgehead atoms. The van der Waals surface area contributed by atoms with Gasteiger partial charge >= 0.3 is 0 Å². The van der Waals surface area contributed by atoms with Crippen molar-refractivity contribution in [3.63, 3.8) is 0 Å². The van der Waals surface area contributed by atoms with Crippen LogP contribution in [-0.4, -0.2) is 56.2 Å². The first-order valence-corrected chi connectivity index (χ1v) is 7.62. The minimum Gasteiger partial charge on any atom is -0.368 e. The topological polar surface area (TPSA) is 48.1 Å². The number of likely N-dealkylation sites (N-methyl/N-ethyl adjacent to an activating group) is 1. The molecule has 0 unspecified atom stereocenters. The molecule has 2 aliphatic rings. The lowest BCUT2D eigenvalue weighted by atomic mass is 10.2. The minimum atomic E-state index is -0.318. The number of benzene rings is 1. The van der Waals surface area contributed by atoms with Crippen molar-refractivity contribution >= 4 is 28.9 Å². The fourth-order valence-electron chi connectivity index (χ4n) is 2.56. The lowest BCUT2D eigenvalue weighted by Gasteiger charge is -2.34. The van der Waals surface area contributed by atoms with Crippen LogP contribution in [0.3, 0.4) is 0 Å². The number of piperazine rings is 1. The van der Waals surface area contributed by atoms with Crippen molar-refractivity contribution in [3.05, 3.63) is 23.2 Å². The van der Waals surface area contributed by atoms with Gasteiger partial charge in [-0.1, -0.05) is 11.6 Å². The molecule has 0 aromatic heterocycles. The van der Waals surface area contributed by atoms with E-state index in [2.05, 4.69) is 22.2 Å². The summed E-state index contributed by atoms with van der Waals surface area (Å²) in [6, 6.07) is 5.67. The molecule has 6 heteroatoms. The first-order valence-electron chi connectivity index (χ1n) is 7.24. The second-order valence-corrected chi connectivity index (χ2v) is 6.11. The average molecular weight is 310 g/mol. The Labute approximate surface area is 129 Å². The van der Waals surface area contributed by atoms with Crippen LogP contribution in [0.25, 0.3) is 0 Å². The fraction of sp³-hybridized carbons (Fsp3) is 0.533. The molecule has 2 aliphatic heterocycles. The van der Waals surface area contributed by atoms with Gasteiger partial charge in [-0.3, -0.25) is 4.79 Å². The smallest absolute Gasteiger partial charge is 0.256 e. The SMILES string of the molecule is C[C@@H]1O[C@H]1C(=O)Nc1ccc(N2CCN(C)CC2)c(Cl)c1. The molecule has 2 saturated heterocycles. The van der Waals surface area contributed by atoms with Gasteiger partial charge in [-0.25, -0.2) is 0 Å². The number of ether oxygens (including phenoxy) is 1. The molecule has 0 spiro atoms. The van der Waals surface area contributed by atoms with Crippen LogP contribution >= 0.6 is 11.6 Å². The van der Waals surface area contributed by atoms with Gasteiger partial charge in [0, 0.05) is 31.9 Å². The van der Waals surface area contributed by atoms with Crippen molar-refractivity contribution in [3.8, 4) is 0 Å². The molecule has 0 aliphatic carbocycles. The number of rotatable bonds is 3. The average Bonchev–Trinajstić information content (AvgIpc) is 3.18. The van der Waals surface area contributed by atoms with E-state index in [0.717, 1.165) is 31.9 Å². The van der Waals surface area contributed by atoms with Crippen LogP contribution < -0.4 is 10.2 Å². The van der Waals surface area contributed by atoms with E-state index in [1.165, 1.54) is 0 Å². The van der Waals surface area contributed by atoms with Crippen LogP contribution in [0, 0.1) is 0 Å². The van der Waals surface area contributed by atoms with Crippen molar-refractivity contribution in [2.45, 2.75) is 19.1 Å². The quantitative estimate of drug-likeness (QED) is 0.865. The monoisotopic (exact) mass is 309 g/mol. The maximum absolute atomic E-state index is 11.8. The second kappa shape index (κ2) is 5.83. The fourth-order valence-corrected chi connectivity index (χ4v) is 2.86. The van der Waals surface area contributed by atoms with Crippen LogP contribution in [0.4, 0.5) is 11.4 Å². The first kappa shape index (κ1) is 14.6. The van der Waals surface area contributed by atoms with Crippen LogP contribution in [0.15, 0.2) is 18.2 Å². The van der Waals surface area contributed by atoms with Gasteiger partial charge in [0.2, 0.25) is 0 Å². The van der Waals surface area contributed by atoms with Crippen molar-refractivity contribution in [1.29, 1.82) is 0 Å². The number of carbonyl (C=O) groups excluding carboxylic acids is 1. The third-order valence-corrected chi connectivity index (χ3v) is 4.33. The molecule has 3 rings (SSSR count). The Hall–Kier alpha value is -1.30. The molecule has 21 heavy (non-hydrogen) atoms. The number of amides is 1. The van der Waals surface area contributed by atoms with E-state index in [-0.39, 0.29) is 18.1 Å². The number of hydrogen-bond donors (Lipinski definition) is 1. The Balaban J connectivity index is 1.66. The van der Waals surface area contributed by atoms with E-state index < -0.39 is 0 Å². The standard InChI is InChI=1S/C15H20ClN3O2/c1-10-14(21-10)15(20)17-11-3-4-13(12(16)9-11)19-7-5-18(2)6-8-19/h3-4,9-10,14H,5-8H2,1-2H3,(H,17,20)/t10-,14+/m0/s1. The molecule has 1 aromatic rings. The number of halogens is 1. The Bertz CT molecular complexity index is 544. The molecule has 2 atom stereocenters. The first-order chi connectivity index (χ1) is 10.0. The molecular weight excluding hydrogens is 290 g/mol. The third kappa shape index (κ3) is 3.31. The van der Waals surface area contributed by atoms with Crippen LogP contribution in [0.2, 0.25) is 5.02 Å². The van der Waals surface area contributed by atoms with Gasteiger partial charge < -0.3 is 19.9 Å². The Kier molecular flexibility index (Phi) is 4.06. The predicted molar refractivity (Wildman–Crippen MR) is 84.1 cm³/mol. The Morgan fingerprint density at radius 2 is 2.00 bits per heavy atom. The zero-order chi connectivity index (χ0) is 15.0. The second-order valence-electron chi connectivity index (χ2n) is 5.71. The summed E-state index contributed by atoms with van der Waals surface area (Å²) >= 11 is 6.37. The highest BCUT2D eigenvalue weighted by Crippen LogP contribution is 2.30. The summed E-state index contributed by atoms with van der Waals surface area (Å²) in [4.78, 5) is 16.4. The summed E-state index contributed by atoms with van der Waals surface area (Å²) in [7, 11) is 2.12. The van der Waals surface area contributed by atoms with Crippen molar-refractivity contribution in [2.75, 3.05) is 43.4 Å². The number of hydrogen-bond acceptors (Lipinski definition) is 4. The summed E-state index contributed by atoms with van der Waals surface area (Å²) in [5, 5.41) is 3.51. The molecule has 0 radical (unpaired) electrons. The summed E-state index contributed by atoms with van der Waals surface area (Å²) < 4.78 is 5.15. The molecule has 114 valence electrons. The maximum Gasteiger partial charge on any atom is 0.256 e. The van der Waals surface area contributed by atoms with E-state index in [9.17, 15) is 4.79 Å². The van der Waals surface area contributed by atoms with E-state index >= 15 is 0 Å². The third-order valence-electron chi connectivity index (χ3n) is 4.03. The van der Waals surface area contributed by atoms with E-state index in [1.54, 1.807) is 6.07 Å². The molecule has 1 N–H and O–H groups in total. The highest BCUT2D eigenvalue weighted by atomic mass is 35.5. The summed E-state index contributed by atoms with van der Waals surface area (Å²) in [5.74, 6) is -0.106. The summed E-state index contributed by atoms with van der Waals surface area (Å²) in [6.45, 7) is 5.88. The molecular formula is C15H20ClN3O2. The summed E-state index contributed by atoms with van der Waals surface area (Å²) in [5.41, 5.74) is 1.74. The van der Waals surface area contributed by atoms with Gasteiger partial charge in [-0.05, 0) is 32.2 Å². The number of anilines is 2. The number of nitrogens with zero attached hydrogens (tertiary/aromatic N) is 2. The molecule has 5 nitrogen and oxygen atoms in total. The summed E-state index contributed by atoms with van der Waals surface area (Å²) in [6.07, 6.45) is -0.300. The van der Waals surface area contributed by atoms with Crippen LogP contribution in [0.1, 0.15) is 6.92 Å². The molecule has 2 heterocycles. The lowest BCUT2D eigenvalue weighted by molar-refractivity contribution is -0.117. The van der Waals surface area contributed by atoms with E-state index in [1.807, 2.05) is 19.1 Å². The highest BCUT2D eigenvalue weighted by Gasteiger charge is 2.41. The normalized spacial score (nSPS) is 25.8. The molecule has 1 amide bonds.